The molecule has 1 amide bonds. The molecule has 0 saturated carbocycles. The van der Waals surface area contributed by atoms with E-state index in [4.69, 9.17) is 9.47 Å². The van der Waals surface area contributed by atoms with Crippen molar-refractivity contribution < 1.29 is 19.1 Å². The summed E-state index contributed by atoms with van der Waals surface area (Å²) in [6.45, 7) is 6.87. The predicted molar refractivity (Wildman–Crippen MR) is 131 cm³/mol. The molecule has 1 heterocycles. The van der Waals surface area contributed by atoms with Crippen LogP contribution in [0.15, 0.2) is 29.8 Å². The van der Waals surface area contributed by atoms with Gasteiger partial charge in [-0.1, -0.05) is 32.4 Å². The number of nitrogens with one attached hydrogen (secondary N) is 1. The first-order valence-corrected chi connectivity index (χ1v) is 12.3. The minimum atomic E-state index is -0.544. The fourth-order valence-corrected chi connectivity index (χ4v) is 5.23. The first kappa shape index (κ1) is 24.5. The van der Waals surface area contributed by atoms with Crippen LogP contribution < -0.4 is 10.1 Å². The Kier molecular flexibility index (Phi) is 8.67. The summed E-state index contributed by atoms with van der Waals surface area (Å²) in [4.78, 5) is 26.8. The third-order valence-corrected chi connectivity index (χ3v) is 6.77. The lowest BCUT2D eigenvalue weighted by atomic mass is 9.86. The molecular weight excluding hydrogens is 436 g/mol. The van der Waals surface area contributed by atoms with Gasteiger partial charge in [-0.15, -0.1) is 11.3 Å². The Labute approximate surface area is 199 Å². The second kappa shape index (κ2) is 11.7. The van der Waals surface area contributed by atoms with Crippen LogP contribution in [0.5, 0.6) is 5.75 Å². The smallest absolute Gasteiger partial charge is 0.341 e. The van der Waals surface area contributed by atoms with Crippen molar-refractivity contribution >= 4 is 34.3 Å². The number of amides is 1. The standard InChI is InChI=1S/C26H30N2O4S/c1-4-6-14-32-20-12-10-18(11-13-20)15-19(16-27)24(29)28-25-23(26(30)31-5-2)22-17(3)8-7-9-21(22)33-25/h10-13,15,17H,4-9,14H2,1-3H3,(H,28,29). The molecule has 1 aliphatic carbocycles. The van der Waals surface area contributed by atoms with Gasteiger partial charge in [0, 0.05) is 4.88 Å². The molecule has 1 unspecified atom stereocenters. The number of carbonyl (C=O) groups is 2. The van der Waals surface area contributed by atoms with E-state index in [0.29, 0.717) is 22.7 Å². The second-order valence-electron chi connectivity index (χ2n) is 8.05. The van der Waals surface area contributed by atoms with Gasteiger partial charge in [-0.3, -0.25) is 4.79 Å². The van der Waals surface area contributed by atoms with Crippen LogP contribution in [-0.4, -0.2) is 25.1 Å². The normalized spacial score (nSPS) is 15.3. The molecule has 33 heavy (non-hydrogen) atoms. The van der Waals surface area contributed by atoms with Crippen molar-refractivity contribution in [1.82, 2.24) is 0 Å². The lowest BCUT2D eigenvalue weighted by molar-refractivity contribution is -0.112. The molecule has 0 aliphatic heterocycles. The van der Waals surface area contributed by atoms with Crippen LogP contribution in [0.4, 0.5) is 5.00 Å². The molecule has 0 saturated heterocycles. The number of nitriles is 1. The highest BCUT2D eigenvalue weighted by molar-refractivity contribution is 7.17. The topological polar surface area (TPSA) is 88.4 Å². The van der Waals surface area contributed by atoms with Crippen LogP contribution in [0.1, 0.15) is 78.7 Å². The molecule has 1 N–H and O–H groups in total. The van der Waals surface area contributed by atoms with Gasteiger partial charge in [-0.25, -0.2) is 4.79 Å². The third-order valence-electron chi connectivity index (χ3n) is 5.59. The number of benzene rings is 1. The molecule has 2 aromatic rings. The van der Waals surface area contributed by atoms with E-state index in [2.05, 4.69) is 19.2 Å². The zero-order valence-corrected chi connectivity index (χ0v) is 20.2. The van der Waals surface area contributed by atoms with Crippen molar-refractivity contribution in [2.24, 2.45) is 0 Å². The Balaban J connectivity index is 1.82. The number of aryl methyl sites for hydroxylation is 1. The number of nitrogens with zero attached hydrogens (tertiary/aromatic N) is 1. The molecule has 0 bridgehead atoms. The number of carbonyl (C=O) groups excluding carboxylic acids is 2. The van der Waals surface area contributed by atoms with Crippen molar-refractivity contribution in [3.05, 3.63) is 51.4 Å². The zero-order valence-electron chi connectivity index (χ0n) is 19.4. The quantitative estimate of drug-likeness (QED) is 0.209. The molecule has 0 radical (unpaired) electrons. The number of rotatable bonds is 9. The maximum Gasteiger partial charge on any atom is 0.341 e. The summed E-state index contributed by atoms with van der Waals surface area (Å²) in [5, 5.41) is 12.9. The summed E-state index contributed by atoms with van der Waals surface area (Å²) in [6.07, 6.45) is 6.49. The molecule has 0 fully saturated rings. The highest BCUT2D eigenvalue weighted by Gasteiger charge is 2.31. The van der Waals surface area contributed by atoms with E-state index in [9.17, 15) is 14.9 Å². The van der Waals surface area contributed by atoms with E-state index in [0.717, 1.165) is 48.3 Å². The van der Waals surface area contributed by atoms with Crippen LogP contribution in [0.25, 0.3) is 6.08 Å². The van der Waals surface area contributed by atoms with E-state index in [-0.39, 0.29) is 18.1 Å². The highest BCUT2D eigenvalue weighted by atomic mass is 32.1. The van der Waals surface area contributed by atoms with E-state index in [1.54, 1.807) is 6.92 Å². The Morgan fingerprint density at radius 1 is 1.27 bits per heavy atom. The molecule has 1 aromatic heterocycles. The van der Waals surface area contributed by atoms with E-state index in [1.807, 2.05) is 30.3 Å². The third kappa shape index (κ3) is 6.02. The minimum Gasteiger partial charge on any atom is -0.494 e. The van der Waals surface area contributed by atoms with Gasteiger partial charge < -0.3 is 14.8 Å². The maximum absolute atomic E-state index is 12.9. The van der Waals surface area contributed by atoms with Gasteiger partial charge in [-0.2, -0.15) is 5.26 Å². The summed E-state index contributed by atoms with van der Waals surface area (Å²) in [5.74, 6) is -0.00205. The lowest BCUT2D eigenvalue weighted by Crippen LogP contribution is -2.17. The summed E-state index contributed by atoms with van der Waals surface area (Å²) >= 11 is 1.41. The van der Waals surface area contributed by atoms with Crippen LogP contribution in [0.2, 0.25) is 0 Å². The van der Waals surface area contributed by atoms with Crippen molar-refractivity contribution in [3.63, 3.8) is 0 Å². The molecule has 1 aliphatic rings. The first-order chi connectivity index (χ1) is 16.0. The van der Waals surface area contributed by atoms with E-state index in [1.165, 1.54) is 17.4 Å². The monoisotopic (exact) mass is 466 g/mol. The Bertz CT molecular complexity index is 1060. The van der Waals surface area contributed by atoms with Gasteiger partial charge in [-0.05, 0) is 67.9 Å². The van der Waals surface area contributed by atoms with Gasteiger partial charge in [0.25, 0.3) is 5.91 Å². The molecule has 7 heteroatoms. The van der Waals surface area contributed by atoms with Gasteiger partial charge in [0.15, 0.2) is 0 Å². The van der Waals surface area contributed by atoms with E-state index >= 15 is 0 Å². The Morgan fingerprint density at radius 3 is 2.70 bits per heavy atom. The lowest BCUT2D eigenvalue weighted by Gasteiger charge is -2.19. The minimum absolute atomic E-state index is 0.0381. The number of hydrogen-bond donors (Lipinski definition) is 1. The molecule has 0 spiro atoms. The second-order valence-corrected chi connectivity index (χ2v) is 9.16. The van der Waals surface area contributed by atoms with Gasteiger partial charge in [0.1, 0.15) is 22.4 Å². The largest absolute Gasteiger partial charge is 0.494 e. The van der Waals surface area contributed by atoms with Gasteiger partial charge in [0.05, 0.1) is 18.8 Å². The average molecular weight is 467 g/mol. The average Bonchev–Trinajstić information content (AvgIpc) is 3.18. The number of thiophene rings is 1. The van der Waals surface area contributed by atoms with Crippen molar-refractivity contribution in [3.8, 4) is 11.8 Å². The molecule has 174 valence electrons. The SMILES string of the molecule is CCCCOc1ccc(C=C(C#N)C(=O)Nc2sc3c(c2C(=O)OCC)C(C)CCC3)cc1. The summed E-state index contributed by atoms with van der Waals surface area (Å²) in [6, 6.07) is 9.23. The van der Waals surface area contributed by atoms with Crippen LogP contribution in [0, 0.1) is 11.3 Å². The summed E-state index contributed by atoms with van der Waals surface area (Å²) in [7, 11) is 0. The molecule has 3 rings (SSSR count). The Hall–Kier alpha value is -3.11. The maximum atomic E-state index is 12.9. The summed E-state index contributed by atoms with van der Waals surface area (Å²) < 4.78 is 10.9. The summed E-state index contributed by atoms with van der Waals surface area (Å²) in [5.41, 5.74) is 2.09. The zero-order chi connectivity index (χ0) is 23.8. The molecule has 1 aromatic carbocycles. The molecule has 1 atom stereocenters. The van der Waals surface area contributed by atoms with Crippen molar-refractivity contribution in [2.45, 2.75) is 58.8 Å². The number of esters is 1. The van der Waals surface area contributed by atoms with Crippen LogP contribution >= 0.6 is 11.3 Å². The fourth-order valence-electron chi connectivity index (χ4n) is 3.89. The Morgan fingerprint density at radius 2 is 2.03 bits per heavy atom. The number of fused-ring (bicyclic) bond motifs is 1. The number of ether oxygens (including phenoxy) is 2. The first-order valence-electron chi connectivity index (χ1n) is 11.5. The van der Waals surface area contributed by atoms with Crippen molar-refractivity contribution in [1.29, 1.82) is 5.26 Å². The van der Waals surface area contributed by atoms with Crippen LogP contribution in [0.3, 0.4) is 0 Å². The van der Waals surface area contributed by atoms with Gasteiger partial charge in [0.2, 0.25) is 0 Å². The number of unbranched alkanes of at least 4 members (excludes halogenated alkanes) is 1. The predicted octanol–water partition coefficient (Wildman–Crippen LogP) is 6.09. The number of hydrogen-bond acceptors (Lipinski definition) is 6. The van der Waals surface area contributed by atoms with Gasteiger partial charge >= 0.3 is 5.97 Å². The van der Waals surface area contributed by atoms with Crippen molar-refractivity contribution in [2.75, 3.05) is 18.5 Å². The van der Waals surface area contributed by atoms with E-state index < -0.39 is 11.9 Å². The molecule has 6 nitrogen and oxygen atoms in total. The highest BCUT2D eigenvalue weighted by Crippen LogP contribution is 2.43. The molecular formula is C26H30N2O4S. The number of anilines is 1. The fraction of sp³-hybridized carbons (Fsp3) is 0.423. The van der Waals surface area contributed by atoms with Crippen LogP contribution in [-0.2, 0) is 16.0 Å².